The molecule has 0 unspecified atom stereocenters. The maximum absolute atomic E-state index is 10.8. The number of nitro benzene ring substituents is 1. The average Bonchev–Trinajstić information content (AvgIpc) is 3.09. The summed E-state index contributed by atoms with van der Waals surface area (Å²) in [5.41, 5.74) is 2.89. The van der Waals surface area contributed by atoms with Crippen LogP contribution in [-0.4, -0.2) is 45.2 Å². The second-order valence-electron chi connectivity index (χ2n) is 7.06. The Labute approximate surface area is 163 Å². The predicted octanol–water partition coefficient (Wildman–Crippen LogP) is 4.18. The number of para-hydroxylation sites is 2. The lowest BCUT2D eigenvalue weighted by Crippen LogP contribution is -2.32. The number of fused-ring (bicyclic) bond motifs is 1. The molecule has 0 saturated carbocycles. The molecule has 0 amide bonds. The van der Waals surface area contributed by atoms with Crippen molar-refractivity contribution in [2.24, 2.45) is 4.99 Å². The zero-order chi connectivity index (χ0) is 19.3. The van der Waals surface area contributed by atoms with Gasteiger partial charge in [0.05, 0.1) is 16.0 Å². The van der Waals surface area contributed by atoms with Crippen molar-refractivity contribution in [1.29, 1.82) is 0 Å². The van der Waals surface area contributed by atoms with Crippen molar-refractivity contribution in [3.05, 3.63) is 64.2 Å². The minimum atomic E-state index is -0.402. The topological polar surface area (TPSA) is 76.6 Å². The van der Waals surface area contributed by atoms with E-state index >= 15 is 0 Å². The fourth-order valence-electron chi connectivity index (χ4n) is 3.62. The van der Waals surface area contributed by atoms with Crippen molar-refractivity contribution in [1.82, 2.24) is 14.5 Å². The smallest absolute Gasteiger partial charge is 0.269 e. The van der Waals surface area contributed by atoms with E-state index in [1.165, 1.54) is 31.4 Å². The lowest BCUT2D eigenvalue weighted by atomic mass is 10.1. The molecule has 1 fully saturated rings. The van der Waals surface area contributed by atoms with Gasteiger partial charge in [-0.05, 0) is 55.8 Å². The molecule has 3 aromatic rings. The van der Waals surface area contributed by atoms with Crippen molar-refractivity contribution in [2.45, 2.75) is 25.8 Å². The lowest BCUT2D eigenvalue weighted by molar-refractivity contribution is -0.384. The molecule has 4 rings (SSSR count). The van der Waals surface area contributed by atoms with E-state index in [4.69, 9.17) is 0 Å². The van der Waals surface area contributed by atoms with Gasteiger partial charge in [0.25, 0.3) is 5.69 Å². The Morgan fingerprint density at radius 3 is 2.54 bits per heavy atom. The van der Waals surface area contributed by atoms with E-state index in [2.05, 4.69) is 25.5 Å². The molecule has 0 atom stereocenters. The summed E-state index contributed by atoms with van der Waals surface area (Å²) < 4.78 is 2.16. The van der Waals surface area contributed by atoms with Gasteiger partial charge in [0.15, 0.2) is 0 Å². The molecule has 0 aliphatic carbocycles. The zero-order valence-electron chi connectivity index (χ0n) is 15.7. The number of hydrogen-bond acceptors (Lipinski definition) is 5. The largest absolute Gasteiger partial charge is 0.307 e. The number of aliphatic imine (C=N–C) groups is 1. The number of likely N-dealkylation sites (tertiary alicyclic amines) is 1. The van der Waals surface area contributed by atoms with Crippen LogP contribution >= 0.6 is 0 Å². The summed E-state index contributed by atoms with van der Waals surface area (Å²) >= 11 is 0. The monoisotopic (exact) mass is 377 g/mol. The van der Waals surface area contributed by atoms with E-state index in [0.29, 0.717) is 5.95 Å². The molecule has 0 radical (unpaired) electrons. The highest BCUT2D eigenvalue weighted by Crippen LogP contribution is 2.22. The first-order chi connectivity index (χ1) is 13.7. The molecular formula is C21H23N5O2. The van der Waals surface area contributed by atoms with Crippen LogP contribution in [0.25, 0.3) is 11.0 Å². The van der Waals surface area contributed by atoms with E-state index in [9.17, 15) is 10.1 Å². The average molecular weight is 377 g/mol. The molecule has 0 N–H and O–H groups in total. The van der Waals surface area contributed by atoms with Gasteiger partial charge in [0.1, 0.15) is 0 Å². The van der Waals surface area contributed by atoms with Gasteiger partial charge in [0, 0.05) is 31.4 Å². The summed E-state index contributed by atoms with van der Waals surface area (Å²) in [6.07, 6.45) is 5.59. The van der Waals surface area contributed by atoms with Crippen LogP contribution in [0.3, 0.4) is 0 Å². The molecule has 28 heavy (non-hydrogen) atoms. The first kappa shape index (κ1) is 18.3. The molecule has 2 aromatic carbocycles. The third kappa shape index (κ3) is 4.09. The van der Waals surface area contributed by atoms with Gasteiger partial charge >= 0.3 is 0 Å². The van der Waals surface area contributed by atoms with Gasteiger partial charge < -0.3 is 9.47 Å². The number of rotatable bonds is 6. The van der Waals surface area contributed by atoms with Crippen LogP contribution in [0.15, 0.2) is 53.5 Å². The molecule has 7 nitrogen and oxygen atoms in total. The Morgan fingerprint density at radius 2 is 1.79 bits per heavy atom. The summed E-state index contributed by atoms with van der Waals surface area (Å²) in [5, 5.41) is 10.8. The van der Waals surface area contributed by atoms with E-state index in [0.717, 1.165) is 42.8 Å². The Hall–Kier alpha value is -3.06. The summed E-state index contributed by atoms with van der Waals surface area (Å²) in [4.78, 5) is 22.2. The number of hydrogen-bond donors (Lipinski definition) is 0. The van der Waals surface area contributed by atoms with E-state index in [1.54, 1.807) is 18.3 Å². The van der Waals surface area contributed by atoms with Crippen molar-refractivity contribution in [2.75, 3.05) is 19.6 Å². The van der Waals surface area contributed by atoms with Crippen LogP contribution in [0.2, 0.25) is 0 Å². The fraction of sp³-hybridized carbons (Fsp3) is 0.333. The SMILES string of the molecule is O=[N+]([O-])c1ccc(/C=N/c2nc3ccccc3n2CCN2CCCCC2)cc1. The minimum absolute atomic E-state index is 0.0749. The Bertz CT molecular complexity index is 988. The summed E-state index contributed by atoms with van der Waals surface area (Å²) in [7, 11) is 0. The number of non-ortho nitro benzene ring substituents is 1. The third-order valence-electron chi connectivity index (χ3n) is 5.16. The van der Waals surface area contributed by atoms with Crippen LogP contribution in [0.4, 0.5) is 11.6 Å². The fourth-order valence-corrected chi connectivity index (χ4v) is 3.62. The molecule has 1 aliphatic heterocycles. The molecule has 0 spiro atoms. The van der Waals surface area contributed by atoms with Gasteiger partial charge in [-0.3, -0.25) is 10.1 Å². The van der Waals surface area contributed by atoms with Crippen LogP contribution in [0.1, 0.15) is 24.8 Å². The van der Waals surface area contributed by atoms with E-state index < -0.39 is 4.92 Å². The van der Waals surface area contributed by atoms with E-state index in [1.807, 2.05) is 18.2 Å². The standard InChI is InChI=1S/C21H23N5O2/c27-26(28)18-10-8-17(9-11-18)16-22-21-23-19-6-2-3-7-20(19)25(21)15-14-24-12-4-1-5-13-24/h2-3,6-11,16H,1,4-5,12-15H2/b22-16+. The van der Waals surface area contributed by atoms with Crippen molar-refractivity contribution >= 4 is 28.9 Å². The first-order valence-electron chi connectivity index (χ1n) is 9.67. The number of imidazole rings is 1. The third-order valence-corrected chi connectivity index (χ3v) is 5.16. The highest BCUT2D eigenvalue weighted by atomic mass is 16.6. The Kier molecular flexibility index (Phi) is 5.43. The van der Waals surface area contributed by atoms with E-state index in [-0.39, 0.29) is 5.69 Å². The normalized spacial score (nSPS) is 15.4. The molecule has 144 valence electrons. The highest BCUT2D eigenvalue weighted by Gasteiger charge is 2.13. The van der Waals surface area contributed by atoms with Gasteiger partial charge in [0.2, 0.25) is 5.95 Å². The Morgan fingerprint density at radius 1 is 1.04 bits per heavy atom. The summed E-state index contributed by atoms with van der Waals surface area (Å²) in [6.45, 7) is 4.15. The second kappa shape index (κ2) is 8.31. The number of nitro groups is 1. The molecule has 2 heterocycles. The van der Waals surface area contributed by atoms with Gasteiger partial charge in [-0.2, -0.15) is 0 Å². The van der Waals surface area contributed by atoms with Crippen LogP contribution in [0.5, 0.6) is 0 Å². The number of nitrogens with zero attached hydrogens (tertiary/aromatic N) is 5. The highest BCUT2D eigenvalue weighted by molar-refractivity contribution is 5.84. The second-order valence-corrected chi connectivity index (χ2v) is 7.06. The maximum Gasteiger partial charge on any atom is 0.269 e. The van der Waals surface area contributed by atoms with Crippen molar-refractivity contribution in [3.63, 3.8) is 0 Å². The Balaban J connectivity index is 1.57. The zero-order valence-corrected chi connectivity index (χ0v) is 15.7. The lowest BCUT2D eigenvalue weighted by Gasteiger charge is -2.26. The first-order valence-corrected chi connectivity index (χ1v) is 9.67. The van der Waals surface area contributed by atoms with Crippen LogP contribution < -0.4 is 0 Å². The van der Waals surface area contributed by atoms with Gasteiger partial charge in [-0.15, -0.1) is 0 Å². The maximum atomic E-state index is 10.8. The number of piperidine rings is 1. The number of aromatic nitrogens is 2. The van der Waals surface area contributed by atoms with Gasteiger partial charge in [-0.1, -0.05) is 18.6 Å². The molecule has 1 aliphatic rings. The van der Waals surface area contributed by atoms with Crippen LogP contribution in [-0.2, 0) is 6.54 Å². The quantitative estimate of drug-likeness (QED) is 0.367. The number of benzene rings is 2. The molecule has 0 bridgehead atoms. The summed E-state index contributed by atoms with van der Waals surface area (Å²) in [5.74, 6) is 0.663. The molecular weight excluding hydrogens is 354 g/mol. The van der Waals surface area contributed by atoms with Crippen molar-refractivity contribution < 1.29 is 4.92 Å². The predicted molar refractivity (Wildman–Crippen MR) is 110 cm³/mol. The van der Waals surface area contributed by atoms with Crippen molar-refractivity contribution in [3.8, 4) is 0 Å². The summed E-state index contributed by atoms with van der Waals surface area (Å²) in [6, 6.07) is 14.4. The molecule has 7 heteroatoms. The van der Waals surface area contributed by atoms with Crippen LogP contribution in [0, 0.1) is 10.1 Å². The minimum Gasteiger partial charge on any atom is -0.307 e. The van der Waals surface area contributed by atoms with Gasteiger partial charge in [-0.25, -0.2) is 9.98 Å². The molecule has 1 saturated heterocycles. The molecule has 1 aromatic heterocycles.